The Morgan fingerprint density at radius 3 is 2.79 bits per heavy atom. The molecule has 2 atom stereocenters. The van der Waals surface area contributed by atoms with Crippen LogP contribution in [-0.4, -0.2) is 42.6 Å². The molecule has 2 aliphatic heterocycles. The van der Waals surface area contributed by atoms with Crippen LogP contribution in [0.5, 0.6) is 0 Å². The minimum Gasteiger partial charge on any atom is -0.286 e. The first-order valence-corrected chi connectivity index (χ1v) is 8.70. The Balaban J connectivity index is 1.64. The second kappa shape index (κ2) is 5.07. The van der Waals surface area contributed by atoms with Crippen molar-refractivity contribution in [1.29, 1.82) is 0 Å². The summed E-state index contributed by atoms with van der Waals surface area (Å²) in [6, 6.07) is 9.86. The van der Waals surface area contributed by atoms with E-state index in [9.17, 15) is 8.42 Å². The van der Waals surface area contributed by atoms with Crippen molar-refractivity contribution in [3.05, 3.63) is 35.9 Å². The topological polar surface area (TPSA) is 75.5 Å². The Bertz CT molecular complexity index is 604. The third kappa shape index (κ3) is 3.05. The third-order valence-corrected chi connectivity index (χ3v) is 6.38. The first-order chi connectivity index (χ1) is 9.12. The molecule has 0 bridgehead atoms. The van der Waals surface area contributed by atoms with E-state index < -0.39 is 9.84 Å². The van der Waals surface area contributed by atoms with Gasteiger partial charge in [-0.2, -0.15) is 5.10 Å². The standard InChI is InChI=1S/C12H13N3O2S2/c16-19(17)7-10-11(8-19)18-12(14-10)15-13-6-9-4-2-1-3-5-9/h1-6,10-11H,7-8H2,(H,14,15)/p+1/b13-6+. The average Bonchev–Trinajstić information content (AvgIpc) is 2.83. The first kappa shape index (κ1) is 12.8. The van der Waals surface area contributed by atoms with E-state index in [1.54, 1.807) is 6.21 Å². The molecule has 2 heterocycles. The van der Waals surface area contributed by atoms with Crippen molar-refractivity contribution in [2.24, 2.45) is 10.2 Å². The van der Waals surface area contributed by atoms with Gasteiger partial charge in [-0.3, -0.25) is 5.32 Å². The molecule has 2 saturated heterocycles. The minimum absolute atomic E-state index is 0.112. The number of nitrogens with zero attached hydrogens (tertiary/aromatic N) is 2. The quantitative estimate of drug-likeness (QED) is 0.609. The van der Waals surface area contributed by atoms with E-state index in [1.807, 2.05) is 35.6 Å². The van der Waals surface area contributed by atoms with Crippen molar-refractivity contribution in [3.63, 3.8) is 0 Å². The van der Waals surface area contributed by atoms with Gasteiger partial charge in [0.1, 0.15) is 11.8 Å². The molecule has 1 aromatic carbocycles. The van der Waals surface area contributed by atoms with E-state index in [0.29, 0.717) is 0 Å². The SMILES string of the molecule is O=S1(=O)CC2[NH2+]/C(=N/N=C/c3ccccc3)SC2C1. The fourth-order valence-electron chi connectivity index (χ4n) is 2.25. The molecular formula is C12H14N3O2S2+. The number of benzene rings is 1. The molecule has 2 aliphatic rings. The average molecular weight is 296 g/mol. The van der Waals surface area contributed by atoms with Crippen LogP contribution in [0.1, 0.15) is 5.56 Å². The summed E-state index contributed by atoms with van der Waals surface area (Å²) >= 11 is 1.52. The number of nitrogens with two attached hydrogens (primary N) is 1. The van der Waals surface area contributed by atoms with Crippen molar-refractivity contribution in [3.8, 4) is 0 Å². The fourth-order valence-corrected chi connectivity index (χ4v) is 6.07. The van der Waals surface area contributed by atoms with E-state index in [1.165, 1.54) is 11.8 Å². The summed E-state index contributed by atoms with van der Waals surface area (Å²) in [5.74, 6) is 0.520. The highest BCUT2D eigenvalue weighted by Gasteiger charge is 2.47. The summed E-state index contributed by atoms with van der Waals surface area (Å²) in [6.07, 6.45) is 1.70. The van der Waals surface area contributed by atoms with Gasteiger partial charge in [-0.15, -0.1) is 0 Å². The Kier molecular flexibility index (Phi) is 3.42. The monoisotopic (exact) mass is 296 g/mol. The lowest BCUT2D eigenvalue weighted by Crippen LogP contribution is -2.91. The second-order valence-corrected chi connectivity index (χ2v) is 8.07. The van der Waals surface area contributed by atoms with E-state index in [0.717, 1.165) is 10.7 Å². The lowest BCUT2D eigenvalue weighted by molar-refractivity contribution is -0.563. The van der Waals surface area contributed by atoms with Gasteiger partial charge >= 0.3 is 0 Å². The summed E-state index contributed by atoms with van der Waals surface area (Å²) in [7, 11) is -2.84. The van der Waals surface area contributed by atoms with Crippen LogP contribution in [0.15, 0.2) is 40.5 Å². The number of thioether (sulfide) groups is 1. The number of fused-ring (bicyclic) bond motifs is 1. The smallest absolute Gasteiger partial charge is 0.280 e. The van der Waals surface area contributed by atoms with E-state index in [4.69, 9.17) is 0 Å². The zero-order valence-corrected chi connectivity index (χ0v) is 11.8. The molecular weight excluding hydrogens is 282 g/mol. The van der Waals surface area contributed by atoms with Crippen LogP contribution in [0.3, 0.4) is 0 Å². The summed E-state index contributed by atoms with van der Waals surface area (Å²) in [5, 5.41) is 11.1. The molecule has 0 radical (unpaired) electrons. The molecule has 2 unspecified atom stereocenters. The van der Waals surface area contributed by atoms with Gasteiger partial charge in [0.25, 0.3) is 5.17 Å². The molecule has 0 spiro atoms. The molecule has 0 amide bonds. The molecule has 2 N–H and O–H groups in total. The molecule has 5 nitrogen and oxygen atoms in total. The molecule has 7 heteroatoms. The highest BCUT2D eigenvalue weighted by molar-refractivity contribution is 8.15. The van der Waals surface area contributed by atoms with Gasteiger partial charge in [-0.25, -0.2) is 8.42 Å². The number of amidine groups is 1. The highest BCUT2D eigenvalue weighted by atomic mass is 32.2. The molecule has 0 saturated carbocycles. The maximum Gasteiger partial charge on any atom is 0.280 e. The summed E-state index contributed by atoms with van der Waals surface area (Å²) in [4.78, 5) is 0. The van der Waals surface area contributed by atoms with Crippen molar-refractivity contribution < 1.29 is 13.7 Å². The van der Waals surface area contributed by atoms with E-state index in [-0.39, 0.29) is 22.8 Å². The number of sulfone groups is 1. The normalized spacial score (nSPS) is 31.1. The molecule has 2 fully saturated rings. The Hall–Kier alpha value is -1.18. The van der Waals surface area contributed by atoms with Crippen LogP contribution in [0, 0.1) is 0 Å². The number of hydrogen-bond donors (Lipinski definition) is 1. The maximum atomic E-state index is 11.4. The van der Waals surface area contributed by atoms with Gasteiger partial charge in [0.15, 0.2) is 9.84 Å². The Morgan fingerprint density at radius 1 is 1.26 bits per heavy atom. The number of quaternary nitrogens is 1. The number of hydrogen-bond acceptors (Lipinski definition) is 5. The second-order valence-electron chi connectivity index (χ2n) is 4.66. The maximum absolute atomic E-state index is 11.4. The zero-order chi connectivity index (χ0) is 13.3. The minimum atomic E-state index is -2.84. The molecule has 1 aromatic rings. The zero-order valence-electron chi connectivity index (χ0n) is 10.1. The Labute approximate surface area is 116 Å². The van der Waals surface area contributed by atoms with Crippen LogP contribution < -0.4 is 5.32 Å². The molecule has 0 aliphatic carbocycles. The predicted octanol–water partition coefficient (Wildman–Crippen LogP) is -0.148. The van der Waals surface area contributed by atoms with E-state index in [2.05, 4.69) is 10.2 Å². The van der Waals surface area contributed by atoms with Crippen LogP contribution in [0.4, 0.5) is 0 Å². The van der Waals surface area contributed by atoms with Crippen LogP contribution in [-0.2, 0) is 9.84 Å². The van der Waals surface area contributed by atoms with Gasteiger partial charge in [0, 0.05) is 0 Å². The predicted molar refractivity (Wildman–Crippen MR) is 77.2 cm³/mol. The summed E-state index contributed by atoms with van der Waals surface area (Å²) < 4.78 is 22.9. The van der Waals surface area contributed by atoms with Gasteiger partial charge in [0.05, 0.1) is 17.2 Å². The van der Waals surface area contributed by atoms with Crippen LogP contribution in [0.2, 0.25) is 0 Å². The number of rotatable bonds is 2. The fraction of sp³-hybridized carbons (Fsp3) is 0.333. The lowest BCUT2D eigenvalue weighted by atomic mass is 10.2. The highest BCUT2D eigenvalue weighted by Crippen LogP contribution is 2.26. The van der Waals surface area contributed by atoms with Crippen LogP contribution in [0.25, 0.3) is 0 Å². The van der Waals surface area contributed by atoms with Crippen LogP contribution >= 0.6 is 11.8 Å². The lowest BCUT2D eigenvalue weighted by Gasteiger charge is -1.96. The summed E-state index contributed by atoms with van der Waals surface area (Å²) in [5.41, 5.74) is 0.998. The largest absolute Gasteiger partial charge is 0.286 e. The first-order valence-electron chi connectivity index (χ1n) is 6.00. The van der Waals surface area contributed by atoms with Gasteiger partial charge in [0.2, 0.25) is 0 Å². The van der Waals surface area contributed by atoms with Gasteiger partial charge in [-0.05, 0) is 17.3 Å². The van der Waals surface area contributed by atoms with Crippen molar-refractivity contribution >= 4 is 33.0 Å². The molecule has 3 rings (SSSR count). The molecule has 100 valence electrons. The third-order valence-electron chi connectivity index (χ3n) is 3.13. The van der Waals surface area contributed by atoms with Crippen molar-refractivity contribution in [1.82, 2.24) is 0 Å². The summed E-state index contributed by atoms with van der Waals surface area (Å²) in [6.45, 7) is 0. The van der Waals surface area contributed by atoms with Gasteiger partial charge in [-0.1, -0.05) is 35.4 Å². The van der Waals surface area contributed by atoms with Crippen molar-refractivity contribution in [2.75, 3.05) is 11.5 Å². The molecule has 0 aromatic heterocycles. The molecule has 19 heavy (non-hydrogen) atoms. The van der Waals surface area contributed by atoms with E-state index >= 15 is 0 Å². The van der Waals surface area contributed by atoms with Crippen molar-refractivity contribution in [2.45, 2.75) is 11.3 Å². The Morgan fingerprint density at radius 2 is 2.05 bits per heavy atom. The van der Waals surface area contributed by atoms with Gasteiger partial charge < -0.3 is 0 Å².